The van der Waals surface area contributed by atoms with Crippen molar-refractivity contribution in [3.63, 3.8) is 0 Å². The Balaban J connectivity index is 1.71. The molecule has 0 aliphatic heterocycles. The Hall–Kier alpha value is -2.41. The summed E-state index contributed by atoms with van der Waals surface area (Å²) in [5.41, 5.74) is 7.58. The first-order valence-corrected chi connectivity index (χ1v) is 10.7. The van der Waals surface area contributed by atoms with Crippen LogP contribution in [0.15, 0.2) is 77.4 Å². The monoisotopic (exact) mass is 366 g/mol. The highest BCUT2D eigenvalue weighted by Gasteiger charge is 2.77. The summed E-state index contributed by atoms with van der Waals surface area (Å²) in [6, 6.07) is 21.3. The molecule has 0 N–H and O–H groups in total. The molecule has 2 bridgehead atoms. The lowest BCUT2D eigenvalue weighted by atomic mass is 9.52. The van der Waals surface area contributed by atoms with Gasteiger partial charge in [0, 0.05) is 11.0 Å². The van der Waals surface area contributed by atoms with Crippen molar-refractivity contribution in [2.24, 2.45) is 17.3 Å². The van der Waals surface area contributed by atoms with Crippen LogP contribution in [-0.2, 0) is 10.2 Å². The van der Waals surface area contributed by atoms with Crippen molar-refractivity contribution in [2.45, 2.75) is 44.9 Å². The first kappa shape index (κ1) is 16.5. The molecule has 2 aromatic rings. The zero-order valence-electron chi connectivity index (χ0n) is 16.7. The van der Waals surface area contributed by atoms with E-state index in [1.165, 1.54) is 23.1 Å². The Morgan fingerprint density at radius 3 is 2.21 bits per heavy atom. The van der Waals surface area contributed by atoms with Crippen LogP contribution in [0.2, 0.25) is 0 Å². The van der Waals surface area contributed by atoms with Crippen LogP contribution in [0.3, 0.4) is 0 Å². The second-order valence-electron chi connectivity index (χ2n) is 9.25. The van der Waals surface area contributed by atoms with Gasteiger partial charge in [-0.2, -0.15) is 0 Å². The van der Waals surface area contributed by atoms with E-state index in [1.807, 2.05) is 6.07 Å². The van der Waals surface area contributed by atoms with Gasteiger partial charge in [0.2, 0.25) is 0 Å². The SMILES string of the molecule is CC1=C(C)C2CC1C13CCCC1=C(c1ccccc1)C(=O)[C@@]23c1ccccc1. The van der Waals surface area contributed by atoms with Crippen molar-refractivity contribution in [1.29, 1.82) is 0 Å². The number of fused-ring (bicyclic) bond motifs is 3. The largest absolute Gasteiger partial charge is 0.293 e. The van der Waals surface area contributed by atoms with E-state index in [4.69, 9.17) is 0 Å². The Labute approximate surface area is 167 Å². The maximum Gasteiger partial charge on any atom is 0.175 e. The molecule has 0 aromatic heterocycles. The minimum Gasteiger partial charge on any atom is -0.293 e. The van der Waals surface area contributed by atoms with Crippen molar-refractivity contribution >= 4 is 11.4 Å². The van der Waals surface area contributed by atoms with Gasteiger partial charge in [0.1, 0.15) is 0 Å². The molecule has 6 rings (SSSR count). The number of carbonyl (C=O) groups is 1. The van der Waals surface area contributed by atoms with Crippen LogP contribution >= 0.6 is 0 Å². The van der Waals surface area contributed by atoms with Crippen LogP contribution in [0.25, 0.3) is 5.57 Å². The standard InChI is InChI=1S/C27H26O/c1-17-18(2)23-16-22(17)26-15-9-14-21(26)24(19-10-5-3-6-11-19)25(28)27(23,26)20-12-7-4-8-13-20/h3-8,10-13,22-23H,9,14-16H2,1-2H3/t22?,23?,26?,27-/m1/s1. The van der Waals surface area contributed by atoms with Crippen molar-refractivity contribution in [2.75, 3.05) is 0 Å². The Kier molecular flexibility index (Phi) is 3.16. The van der Waals surface area contributed by atoms with Crippen LogP contribution in [-0.4, -0.2) is 5.78 Å². The maximum atomic E-state index is 14.5. The fourth-order valence-electron chi connectivity index (χ4n) is 7.78. The molecule has 2 saturated carbocycles. The lowest BCUT2D eigenvalue weighted by Crippen LogP contribution is -2.51. The van der Waals surface area contributed by atoms with E-state index >= 15 is 0 Å². The zero-order chi connectivity index (χ0) is 19.1. The molecular weight excluding hydrogens is 340 g/mol. The van der Waals surface area contributed by atoms with Gasteiger partial charge in [0.05, 0.1) is 5.41 Å². The Bertz CT molecular complexity index is 1060. The molecule has 1 heteroatoms. The molecule has 0 heterocycles. The number of hydrogen-bond acceptors (Lipinski definition) is 1. The highest BCUT2D eigenvalue weighted by molar-refractivity contribution is 6.30. The highest BCUT2D eigenvalue weighted by atomic mass is 16.1. The van der Waals surface area contributed by atoms with E-state index in [0.717, 1.165) is 30.4 Å². The second kappa shape index (κ2) is 5.35. The fraction of sp³-hybridized carbons (Fsp3) is 0.370. The van der Waals surface area contributed by atoms with Crippen LogP contribution in [0.5, 0.6) is 0 Å². The molecule has 3 unspecified atom stereocenters. The van der Waals surface area contributed by atoms with Gasteiger partial charge >= 0.3 is 0 Å². The lowest BCUT2D eigenvalue weighted by molar-refractivity contribution is -0.122. The number of carbonyl (C=O) groups excluding carboxylic acids is 1. The van der Waals surface area contributed by atoms with Gasteiger partial charge in [0.25, 0.3) is 0 Å². The minimum atomic E-state index is -0.389. The van der Waals surface area contributed by atoms with E-state index in [0.29, 0.717) is 17.6 Å². The molecule has 2 fully saturated rings. The van der Waals surface area contributed by atoms with Crippen LogP contribution < -0.4 is 0 Å². The van der Waals surface area contributed by atoms with Gasteiger partial charge in [0.15, 0.2) is 5.78 Å². The molecule has 4 atom stereocenters. The number of allylic oxidation sites excluding steroid dienone is 4. The quantitative estimate of drug-likeness (QED) is 0.585. The van der Waals surface area contributed by atoms with Crippen molar-refractivity contribution in [3.8, 4) is 0 Å². The first-order valence-electron chi connectivity index (χ1n) is 10.7. The summed E-state index contributed by atoms with van der Waals surface area (Å²) < 4.78 is 0. The Morgan fingerprint density at radius 1 is 0.857 bits per heavy atom. The van der Waals surface area contributed by atoms with Crippen molar-refractivity contribution < 1.29 is 4.79 Å². The van der Waals surface area contributed by atoms with Crippen molar-refractivity contribution in [3.05, 3.63) is 88.5 Å². The van der Waals surface area contributed by atoms with Gasteiger partial charge < -0.3 is 0 Å². The predicted octanol–water partition coefficient (Wildman–Crippen LogP) is 6.12. The molecule has 0 radical (unpaired) electrons. The third kappa shape index (κ3) is 1.57. The Morgan fingerprint density at radius 2 is 1.50 bits per heavy atom. The molecule has 28 heavy (non-hydrogen) atoms. The van der Waals surface area contributed by atoms with E-state index in [-0.39, 0.29) is 10.8 Å². The first-order chi connectivity index (χ1) is 13.6. The van der Waals surface area contributed by atoms with Crippen LogP contribution in [0.1, 0.15) is 50.7 Å². The molecule has 0 amide bonds. The summed E-state index contributed by atoms with van der Waals surface area (Å²) in [4.78, 5) is 14.5. The molecule has 140 valence electrons. The average molecular weight is 367 g/mol. The lowest BCUT2D eigenvalue weighted by Gasteiger charge is -2.49. The molecule has 1 nitrogen and oxygen atoms in total. The molecule has 4 aliphatic rings. The number of Topliss-reactive ketones (excluding diaryl/α,β-unsaturated/α-hetero) is 1. The summed E-state index contributed by atoms with van der Waals surface area (Å²) in [5, 5.41) is 0. The zero-order valence-corrected chi connectivity index (χ0v) is 16.7. The highest BCUT2D eigenvalue weighted by Crippen LogP contribution is 2.79. The van der Waals surface area contributed by atoms with Gasteiger partial charge in [-0.1, -0.05) is 77.4 Å². The molecule has 1 spiro atoms. The van der Waals surface area contributed by atoms with E-state index < -0.39 is 0 Å². The fourth-order valence-corrected chi connectivity index (χ4v) is 7.78. The summed E-state index contributed by atoms with van der Waals surface area (Å²) in [7, 11) is 0. The topological polar surface area (TPSA) is 17.1 Å². The number of rotatable bonds is 2. The minimum absolute atomic E-state index is 0.00483. The smallest absolute Gasteiger partial charge is 0.175 e. The predicted molar refractivity (Wildman–Crippen MR) is 113 cm³/mol. The normalized spacial score (nSPS) is 35.7. The third-order valence-electron chi connectivity index (χ3n) is 8.68. The summed E-state index contributed by atoms with van der Waals surface area (Å²) in [6.45, 7) is 4.63. The van der Waals surface area contributed by atoms with Gasteiger partial charge in [-0.25, -0.2) is 0 Å². The molecule has 4 aliphatic carbocycles. The van der Waals surface area contributed by atoms with E-state index in [9.17, 15) is 4.79 Å². The average Bonchev–Trinajstić information content (AvgIpc) is 3.41. The van der Waals surface area contributed by atoms with Crippen LogP contribution in [0, 0.1) is 17.3 Å². The number of ketones is 1. The van der Waals surface area contributed by atoms with Crippen LogP contribution in [0.4, 0.5) is 0 Å². The summed E-state index contributed by atoms with van der Waals surface area (Å²) in [5.74, 6) is 1.28. The van der Waals surface area contributed by atoms with E-state index in [1.54, 1.807) is 5.57 Å². The second-order valence-corrected chi connectivity index (χ2v) is 9.25. The van der Waals surface area contributed by atoms with Gasteiger partial charge in [-0.3, -0.25) is 4.79 Å². The number of benzene rings is 2. The van der Waals surface area contributed by atoms with E-state index in [2.05, 4.69) is 68.4 Å². The van der Waals surface area contributed by atoms with Gasteiger partial charge in [-0.15, -0.1) is 0 Å². The molecule has 2 aromatic carbocycles. The number of hydrogen-bond donors (Lipinski definition) is 0. The maximum absolute atomic E-state index is 14.5. The summed E-state index contributed by atoms with van der Waals surface area (Å²) >= 11 is 0. The molecule has 0 saturated heterocycles. The third-order valence-corrected chi connectivity index (χ3v) is 8.68. The van der Waals surface area contributed by atoms with Crippen molar-refractivity contribution in [1.82, 2.24) is 0 Å². The summed E-state index contributed by atoms with van der Waals surface area (Å²) in [6.07, 6.45) is 4.61. The van der Waals surface area contributed by atoms with Gasteiger partial charge in [-0.05, 0) is 62.5 Å². The molecular formula is C27H26O.